The number of pyridine rings is 1. The molecule has 5 heteroatoms. The lowest BCUT2D eigenvalue weighted by atomic mass is 10.1. The first-order valence-electron chi connectivity index (χ1n) is 6.23. The Labute approximate surface area is 115 Å². The summed E-state index contributed by atoms with van der Waals surface area (Å²) >= 11 is 0. The van der Waals surface area contributed by atoms with Gasteiger partial charge < -0.3 is 9.67 Å². The summed E-state index contributed by atoms with van der Waals surface area (Å²) in [7, 11) is 1.93. The van der Waals surface area contributed by atoms with E-state index in [9.17, 15) is 4.79 Å². The van der Waals surface area contributed by atoms with Crippen LogP contribution in [0.2, 0.25) is 0 Å². The lowest BCUT2D eigenvalue weighted by Crippen LogP contribution is -2.01. The van der Waals surface area contributed by atoms with E-state index < -0.39 is 5.97 Å². The molecule has 0 aliphatic heterocycles. The lowest BCUT2D eigenvalue weighted by Gasteiger charge is -2.03. The molecule has 0 spiro atoms. The second-order valence-corrected chi connectivity index (χ2v) is 4.61. The highest BCUT2D eigenvalue weighted by atomic mass is 16.4. The highest BCUT2D eigenvalue weighted by Crippen LogP contribution is 2.15. The minimum absolute atomic E-state index is 0.292. The normalized spacial score (nSPS) is 10.8. The summed E-state index contributed by atoms with van der Waals surface area (Å²) < 4.78 is 1.96. The number of benzene rings is 1. The number of rotatable bonds is 3. The van der Waals surface area contributed by atoms with Crippen molar-refractivity contribution in [2.75, 3.05) is 0 Å². The van der Waals surface area contributed by atoms with Crippen molar-refractivity contribution in [1.82, 2.24) is 14.5 Å². The second-order valence-electron chi connectivity index (χ2n) is 4.61. The van der Waals surface area contributed by atoms with Gasteiger partial charge in [0.25, 0.3) is 0 Å². The van der Waals surface area contributed by atoms with Gasteiger partial charge in [-0.05, 0) is 29.8 Å². The van der Waals surface area contributed by atoms with E-state index in [-0.39, 0.29) is 0 Å². The molecule has 0 saturated carbocycles. The van der Waals surface area contributed by atoms with Gasteiger partial charge in [-0.15, -0.1) is 0 Å². The second kappa shape index (κ2) is 4.77. The Morgan fingerprint density at radius 1 is 1.25 bits per heavy atom. The van der Waals surface area contributed by atoms with Gasteiger partial charge in [-0.1, -0.05) is 12.1 Å². The molecule has 2 heterocycles. The van der Waals surface area contributed by atoms with Crippen LogP contribution < -0.4 is 0 Å². The Morgan fingerprint density at radius 3 is 2.65 bits per heavy atom. The van der Waals surface area contributed by atoms with Gasteiger partial charge in [0.05, 0.1) is 5.56 Å². The average molecular weight is 267 g/mol. The minimum Gasteiger partial charge on any atom is -0.478 e. The topological polar surface area (TPSA) is 68.0 Å². The van der Waals surface area contributed by atoms with Gasteiger partial charge in [0.1, 0.15) is 11.3 Å². The molecule has 0 unspecified atom stereocenters. The summed E-state index contributed by atoms with van der Waals surface area (Å²) in [6.07, 6.45) is 2.39. The van der Waals surface area contributed by atoms with Crippen LogP contribution in [-0.4, -0.2) is 25.6 Å². The SMILES string of the molecule is Cn1c(Cc2ccc(C(=O)O)cc2)nc2cccnc21. The number of carbonyl (C=O) groups is 1. The van der Waals surface area contributed by atoms with Crippen LogP contribution in [-0.2, 0) is 13.5 Å². The molecule has 0 saturated heterocycles. The summed E-state index contributed by atoms with van der Waals surface area (Å²) in [5.41, 5.74) is 3.03. The van der Waals surface area contributed by atoms with Crippen LogP contribution in [0.15, 0.2) is 42.6 Å². The Hall–Kier alpha value is -2.69. The molecule has 2 aromatic heterocycles. The van der Waals surface area contributed by atoms with Crippen LogP contribution in [0, 0.1) is 0 Å². The van der Waals surface area contributed by atoms with E-state index in [4.69, 9.17) is 5.11 Å². The molecular formula is C15H13N3O2. The Bertz CT molecular complexity index is 775. The molecule has 0 atom stereocenters. The molecule has 3 rings (SSSR count). The predicted molar refractivity (Wildman–Crippen MR) is 74.7 cm³/mol. The summed E-state index contributed by atoms with van der Waals surface area (Å²) in [5.74, 6) is -0.00902. The molecule has 0 radical (unpaired) electrons. The number of fused-ring (bicyclic) bond motifs is 1. The van der Waals surface area contributed by atoms with Crippen LogP contribution in [0.1, 0.15) is 21.7 Å². The zero-order valence-corrected chi connectivity index (χ0v) is 10.9. The Balaban J connectivity index is 1.92. The van der Waals surface area contributed by atoms with Gasteiger partial charge in [0.15, 0.2) is 5.65 Å². The summed E-state index contributed by atoms with van der Waals surface area (Å²) in [6, 6.07) is 10.6. The maximum absolute atomic E-state index is 10.8. The van der Waals surface area contributed by atoms with Crippen molar-refractivity contribution in [3.05, 3.63) is 59.5 Å². The van der Waals surface area contributed by atoms with E-state index >= 15 is 0 Å². The van der Waals surface area contributed by atoms with Crippen molar-refractivity contribution < 1.29 is 9.90 Å². The molecule has 100 valence electrons. The molecule has 0 amide bonds. The molecule has 20 heavy (non-hydrogen) atoms. The van der Waals surface area contributed by atoms with E-state index in [0.717, 1.165) is 22.6 Å². The smallest absolute Gasteiger partial charge is 0.335 e. The average Bonchev–Trinajstić information content (AvgIpc) is 2.77. The van der Waals surface area contributed by atoms with Gasteiger partial charge >= 0.3 is 5.97 Å². The van der Waals surface area contributed by atoms with E-state index in [0.29, 0.717) is 12.0 Å². The van der Waals surface area contributed by atoms with Crippen molar-refractivity contribution in [2.24, 2.45) is 7.05 Å². The third-order valence-electron chi connectivity index (χ3n) is 3.28. The monoisotopic (exact) mass is 267 g/mol. The first-order chi connectivity index (χ1) is 9.65. The molecule has 5 nitrogen and oxygen atoms in total. The van der Waals surface area contributed by atoms with Crippen LogP contribution in [0.25, 0.3) is 11.2 Å². The van der Waals surface area contributed by atoms with Gasteiger partial charge in [-0.2, -0.15) is 0 Å². The molecule has 0 aliphatic rings. The van der Waals surface area contributed by atoms with Gasteiger partial charge in [0, 0.05) is 19.7 Å². The van der Waals surface area contributed by atoms with E-state index in [2.05, 4.69) is 9.97 Å². The number of nitrogens with zero attached hydrogens (tertiary/aromatic N) is 3. The fourth-order valence-electron chi connectivity index (χ4n) is 2.18. The summed E-state index contributed by atoms with van der Waals surface area (Å²) in [4.78, 5) is 19.7. The van der Waals surface area contributed by atoms with Crippen LogP contribution >= 0.6 is 0 Å². The predicted octanol–water partition coefficient (Wildman–Crippen LogP) is 2.26. The van der Waals surface area contributed by atoms with E-state index in [1.807, 2.05) is 35.9 Å². The highest BCUT2D eigenvalue weighted by molar-refractivity contribution is 5.87. The third kappa shape index (κ3) is 2.14. The number of carboxylic acids is 1. The van der Waals surface area contributed by atoms with Crippen molar-refractivity contribution >= 4 is 17.1 Å². The number of imidazole rings is 1. The maximum atomic E-state index is 10.8. The molecular weight excluding hydrogens is 254 g/mol. The van der Waals surface area contributed by atoms with E-state index in [1.54, 1.807) is 18.3 Å². The van der Waals surface area contributed by atoms with Crippen molar-refractivity contribution in [3.8, 4) is 0 Å². The quantitative estimate of drug-likeness (QED) is 0.790. The minimum atomic E-state index is -0.913. The first-order valence-corrected chi connectivity index (χ1v) is 6.23. The van der Waals surface area contributed by atoms with Crippen molar-refractivity contribution in [1.29, 1.82) is 0 Å². The van der Waals surface area contributed by atoms with Crippen molar-refractivity contribution in [2.45, 2.75) is 6.42 Å². The molecule has 0 aliphatic carbocycles. The number of aryl methyl sites for hydroxylation is 1. The maximum Gasteiger partial charge on any atom is 0.335 e. The number of hydrogen-bond donors (Lipinski definition) is 1. The van der Waals surface area contributed by atoms with Gasteiger partial charge in [0.2, 0.25) is 0 Å². The zero-order valence-electron chi connectivity index (χ0n) is 10.9. The largest absolute Gasteiger partial charge is 0.478 e. The molecule has 3 aromatic rings. The van der Waals surface area contributed by atoms with Crippen LogP contribution in [0.4, 0.5) is 0 Å². The van der Waals surface area contributed by atoms with Crippen LogP contribution in [0.5, 0.6) is 0 Å². The fraction of sp³-hybridized carbons (Fsp3) is 0.133. The number of aromatic nitrogens is 3. The van der Waals surface area contributed by atoms with E-state index in [1.165, 1.54) is 0 Å². The molecule has 0 bridgehead atoms. The zero-order chi connectivity index (χ0) is 14.1. The standard InChI is InChI=1S/C15H13N3O2/c1-18-13(17-12-3-2-8-16-14(12)18)9-10-4-6-11(7-5-10)15(19)20/h2-8H,9H2,1H3,(H,19,20). The number of carboxylic acid groups (broad SMARTS) is 1. The first kappa shape index (κ1) is 12.3. The molecule has 0 fully saturated rings. The van der Waals surface area contributed by atoms with Crippen molar-refractivity contribution in [3.63, 3.8) is 0 Å². The summed E-state index contributed by atoms with van der Waals surface area (Å²) in [6.45, 7) is 0. The number of hydrogen-bond acceptors (Lipinski definition) is 3. The molecule has 1 N–H and O–H groups in total. The Morgan fingerprint density at radius 2 is 2.00 bits per heavy atom. The fourth-order valence-corrected chi connectivity index (χ4v) is 2.18. The van der Waals surface area contributed by atoms with Gasteiger partial charge in [-0.25, -0.2) is 14.8 Å². The lowest BCUT2D eigenvalue weighted by molar-refractivity contribution is 0.0697. The number of aromatic carboxylic acids is 1. The third-order valence-corrected chi connectivity index (χ3v) is 3.28. The van der Waals surface area contributed by atoms with Gasteiger partial charge in [-0.3, -0.25) is 0 Å². The summed E-state index contributed by atoms with van der Waals surface area (Å²) in [5, 5.41) is 8.88. The Kier molecular flexibility index (Phi) is 2.95. The van der Waals surface area contributed by atoms with Crippen LogP contribution in [0.3, 0.4) is 0 Å². The molecule has 1 aromatic carbocycles. The highest BCUT2D eigenvalue weighted by Gasteiger charge is 2.09.